The lowest BCUT2D eigenvalue weighted by atomic mass is 9.95. The molecule has 198 valence electrons. The van der Waals surface area contributed by atoms with E-state index < -0.39 is 69.5 Å². The molecule has 0 aliphatic heterocycles. The number of carbonyl (C=O) groups is 1. The highest BCUT2D eigenvalue weighted by Crippen LogP contribution is 2.42. The van der Waals surface area contributed by atoms with Crippen LogP contribution in [0.25, 0.3) is 5.83 Å². The molecule has 0 heterocycles. The third-order valence-corrected chi connectivity index (χ3v) is 6.90. The van der Waals surface area contributed by atoms with Gasteiger partial charge < -0.3 is 9.87 Å². The van der Waals surface area contributed by atoms with Gasteiger partial charge in [-0.1, -0.05) is 52.0 Å². The molecule has 3 atom stereocenters. The van der Waals surface area contributed by atoms with Crippen molar-refractivity contribution in [2.45, 2.75) is 31.2 Å². The zero-order chi connectivity index (χ0) is 27.6. The second-order valence-corrected chi connectivity index (χ2v) is 10.4. The number of rotatable bonds is 7. The summed E-state index contributed by atoms with van der Waals surface area (Å²) >= 11 is 15.9. The van der Waals surface area contributed by atoms with Crippen molar-refractivity contribution in [3.8, 4) is 0 Å². The van der Waals surface area contributed by atoms with Crippen LogP contribution in [0, 0.1) is 0 Å². The van der Waals surface area contributed by atoms with E-state index in [2.05, 4.69) is 5.32 Å². The number of amides is 1. The zero-order valence-corrected chi connectivity index (χ0v) is 21.4. The van der Waals surface area contributed by atoms with Gasteiger partial charge in [0.15, 0.2) is 0 Å². The van der Waals surface area contributed by atoms with Crippen LogP contribution < -0.4 is 5.32 Å². The first kappa shape index (κ1) is 30.6. The first-order valence-electron chi connectivity index (χ1n) is 9.82. The molecule has 2 aromatic rings. The minimum atomic E-state index is -5.14. The van der Waals surface area contributed by atoms with E-state index in [9.17, 15) is 40.1 Å². The van der Waals surface area contributed by atoms with E-state index >= 15 is 0 Å². The molecule has 2 rings (SSSR count). The predicted molar refractivity (Wildman–Crippen MR) is 127 cm³/mol. The first-order chi connectivity index (χ1) is 16.4. The summed E-state index contributed by atoms with van der Waals surface area (Å²) in [4.78, 5) is 12.4. The highest BCUT2D eigenvalue weighted by atomic mass is 35.5. The largest absolute Gasteiger partial charge is 0.616 e. The summed E-state index contributed by atoms with van der Waals surface area (Å²) in [6, 6.07) is 2.51. The highest BCUT2D eigenvalue weighted by Gasteiger charge is 2.41. The fraction of sp³-hybridized carbons (Fsp3) is 0.318. The molecule has 0 aromatic heterocycles. The van der Waals surface area contributed by atoms with Gasteiger partial charge in [-0.2, -0.15) is 26.3 Å². The number of hydrogen-bond acceptors (Lipinski definition) is 2. The summed E-state index contributed by atoms with van der Waals surface area (Å²) in [5, 5.41) is 1.36. The quantitative estimate of drug-likeness (QED) is 0.201. The van der Waals surface area contributed by atoms with Crippen molar-refractivity contribution in [3.63, 3.8) is 0 Å². The van der Waals surface area contributed by atoms with Crippen LogP contribution in [0.4, 0.5) is 30.7 Å². The van der Waals surface area contributed by atoms with Gasteiger partial charge in [0.2, 0.25) is 0 Å². The lowest BCUT2D eigenvalue weighted by Crippen LogP contribution is -2.38. The van der Waals surface area contributed by atoms with E-state index in [0.29, 0.717) is 6.07 Å². The number of alkyl halides is 6. The third-order valence-electron chi connectivity index (χ3n) is 4.74. The molecule has 1 N–H and O–H groups in total. The molecule has 0 saturated carbocycles. The van der Waals surface area contributed by atoms with Crippen molar-refractivity contribution < 1.29 is 40.1 Å². The van der Waals surface area contributed by atoms with Crippen molar-refractivity contribution >= 4 is 57.7 Å². The topological polar surface area (TPSA) is 52.2 Å². The maximum absolute atomic E-state index is 14.9. The maximum atomic E-state index is 14.9. The molecule has 2 aromatic carbocycles. The van der Waals surface area contributed by atoms with E-state index in [-0.39, 0.29) is 33.0 Å². The summed E-state index contributed by atoms with van der Waals surface area (Å²) in [5.74, 6) is -5.46. The van der Waals surface area contributed by atoms with Gasteiger partial charge >= 0.3 is 12.4 Å². The summed E-state index contributed by atoms with van der Waals surface area (Å²) in [6.45, 7) is 1.43. The SMILES string of the molecule is CC(C[S+](C)[O-])NC(=O)c1ccc(/C(F)=C/C(c2cc(Cl)c(Cl)c(Cl)c2)C(F)(F)F)cc1C(F)(F)F. The summed E-state index contributed by atoms with van der Waals surface area (Å²) in [7, 11) is 0. The lowest BCUT2D eigenvalue weighted by Gasteiger charge is -2.19. The zero-order valence-electron chi connectivity index (χ0n) is 18.3. The molecule has 0 aliphatic carbocycles. The Morgan fingerprint density at radius 1 is 1.08 bits per heavy atom. The van der Waals surface area contributed by atoms with Crippen LogP contribution in [0.5, 0.6) is 0 Å². The molecule has 14 heteroatoms. The van der Waals surface area contributed by atoms with Gasteiger partial charge in [0.05, 0.1) is 38.5 Å². The molecule has 3 nitrogen and oxygen atoms in total. The Morgan fingerprint density at radius 2 is 1.64 bits per heavy atom. The van der Waals surface area contributed by atoms with E-state index in [0.717, 1.165) is 18.2 Å². The minimum Gasteiger partial charge on any atom is -0.616 e. The van der Waals surface area contributed by atoms with Gasteiger partial charge in [-0.05, 0) is 42.8 Å². The molecular weight excluding hydrogens is 582 g/mol. The van der Waals surface area contributed by atoms with Crippen LogP contribution in [0.2, 0.25) is 15.1 Å². The van der Waals surface area contributed by atoms with Gasteiger partial charge in [-0.3, -0.25) is 4.79 Å². The molecule has 0 radical (unpaired) electrons. The number of hydrogen-bond donors (Lipinski definition) is 1. The number of benzene rings is 2. The minimum absolute atomic E-state index is 0.0277. The molecule has 3 unspecified atom stereocenters. The molecule has 0 bridgehead atoms. The normalized spacial score (nSPS) is 15.4. The predicted octanol–water partition coefficient (Wildman–Crippen LogP) is 7.82. The second-order valence-electron chi connectivity index (χ2n) is 7.70. The average Bonchev–Trinajstić information content (AvgIpc) is 2.72. The Bertz CT molecular complexity index is 1130. The smallest absolute Gasteiger partial charge is 0.417 e. The van der Waals surface area contributed by atoms with Gasteiger partial charge in [0, 0.05) is 5.56 Å². The van der Waals surface area contributed by atoms with E-state index in [4.69, 9.17) is 34.8 Å². The van der Waals surface area contributed by atoms with E-state index in [1.807, 2.05) is 0 Å². The third kappa shape index (κ3) is 7.92. The number of allylic oxidation sites excluding steroid dienone is 1. The standard InChI is InChI=1S/C22H17Cl3F7NO2S/c1-10(9-36(2)35)33-20(34)13-4-3-11(5-15(13)22(30,31)32)18(26)8-14(21(27,28)29)12-6-16(23)19(25)17(24)7-12/h3-8,10,14H,9H2,1-2H3,(H,33,34)/b18-8-. The van der Waals surface area contributed by atoms with E-state index in [1.165, 1.54) is 13.2 Å². The van der Waals surface area contributed by atoms with Gasteiger partial charge in [-0.25, -0.2) is 4.39 Å². The molecule has 0 aliphatic rings. The fourth-order valence-electron chi connectivity index (χ4n) is 3.20. The summed E-state index contributed by atoms with van der Waals surface area (Å²) in [5.41, 5.74) is -3.88. The first-order valence-corrected chi connectivity index (χ1v) is 12.7. The Kier molecular flexibility index (Phi) is 10.0. The highest BCUT2D eigenvalue weighted by molar-refractivity contribution is 7.90. The van der Waals surface area contributed by atoms with Gasteiger partial charge in [-0.15, -0.1) is 0 Å². The van der Waals surface area contributed by atoms with Crippen LogP contribution in [-0.2, 0) is 17.4 Å². The molecule has 36 heavy (non-hydrogen) atoms. The summed E-state index contributed by atoms with van der Waals surface area (Å²) in [6.07, 6.45) is -8.79. The van der Waals surface area contributed by atoms with Gasteiger partial charge in [0.1, 0.15) is 17.5 Å². The number of nitrogens with one attached hydrogen (secondary N) is 1. The van der Waals surface area contributed by atoms with Crippen molar-refractivity contribution in [1.82, 2.24) is 5.32 Å². The lowest BCUT2D eigenvalue weighted by molar-refractivity contribution is -0.140. The Morgan fingerprint density at radius 3 is 2.11 bits per heavy atom. The number of halogens is 10. The Labute approximate surface area is 219 Å². The van der Waals surface area contributed by atoms with Crippen LogP contribution in [0.15, 0.2) is 36.4 Å². The Balaban J connectivity index is 2.53. The number of carbonyl (C=O) groups excluding carboxylic acids is 1. The van der Waals surface area contributed by atoms with E-state index in [1.54, 1.807) is 0 Å². The van der Waals surface area contributed by atoms with Crippen LogP contribution in [-0.4, -0.2) is 34.7 Å². The molecule has 1 amide bonds. The van der Waals surface area contributed by atoms with Crippen LogP contribution in [0.3, 0.4) is 0 Å². The summed E-state index contributed by atoms with van der Waals surface area (Å²) < 4.78 is 108. The Hall–Kier alpha value is -1.66. The van der Waals surface area contributed by atoms with Crippen molar-refractivity contribution in [3.05, 3.63) is 73.7 Å². The average molecular weight is 599 g/mol. The molecule has 0 fully saturated rings. The second kappa shape index (κ2) is 11.8. The van der Waals surface area contributed by atoms with Crippen molar-refractivity contribution in [1.29, 1.82) is 0 Å². The van der Waals surface area contributed by atoms with Gasteiger partial charge in [0.25, 0.3) is 5.91 Å². The van der Waals surface area contributed by atoms with Crippen molar-refractivity contribution in [2.75, 3.05) is 12.0 Å². The monoisotopic (exact) mass is 597 g/mol. The molecule has 0 saturated heterocycles. The fourth-order valence-corrected chi connectivity index (χ4v) is 4.60. The van der Waals surface area contributed by atoms with Crippen LogP contribution >= 0.6 is 34.8 Å². The van der Waals surface area contributed by atoms with Crippen molar-refractivity contribution in [2.24, 2.45) is 0 Å². The van der Waals surface area contributed by atoms with Crippen LogP contribution in [0.1, 0.15) is 39.9 Å². The molecular formula is C22H17Cl3F7NO2S. The maximum Gasteiger partial charge on any atom is 0.417 e. The molecule has 0 spiro atoms.